The Labute approximate surface area is 78.5 Å². The van der Waals surface area contributed by atoms with Crippen LogP contribution in [0, 0.1) is 0 Å². The molecule has 13 heavy (non-hydrogen) atoms. The van der Waals surface area contributed by atoms with E-state index >= 15 is 0 Å². The van der Waals surface area contributed by atoms with Gasteiger partial charge < -0.3 is 16.0 Å². The van der Waals surface area contributed by atoms with Crippen molar-refractivity contribution in [2.45, 2.75) is 31.3 Å². The molecule has 2 heterocycles. The van der Waals surface area contributed by atoms with Crippen LogP contribution in [0.4, 0.5) is 0 Å². The van der Waals surface area contributed by atoms with Gasteiger partial charge in [-0.05, 0) is 25.8 Å². The monoisotopic (exact) mass is 183 g/mol. The van der Waals surface area contributed by atoms with E-state index in [4.69, 9.17) is 0 Å². The van der Waals surface area contributed by atoms with E-state index < -0.39 is 0 Å². The number of rotatable bonds is 2. The third-order valence-electron chi connectivity index (χ3n) is 2.78. The molecule has 2 unspecified atom stereocenters. The molecule has 2 aliphatic heterocycles. The molecule has 0 bridgehead atoms. The van der Waals surface area contributed by atoms with E-state index in [0.29, 0.717) is 6.04 Å². The first-order valence-corrected chi connectivity index (χ1v) is 5.11. The average molecular weight is 183 g/mol. The Balaban J connectivity index is 1.79. The van der Waals surface area contributed by atoms with Gasteiger partial charge in [-0.15, -0.1) is 0 Å². The van der Waals surface area contributed by atoms with Crippen molar-refractivity contribution >= 4 is 5.91 Å². The van der Waals surface area contributed by atoms with E-state index in [1.807, 2.05) is 0 Å². The predicted molar refractivity (Wildman–Crippen MR) is 50.4 cm³/mol. The number of piperidine rings is 1. The molecule has 4 nitrogen and oxygen atoms in total. The van der Waals surface area contributed by atoms with E-state index in [-0.39, 0.29) is 11.9 Å². The zero-order chi connectivity index (χ0) is 9.10. The minimum absolute atomic E-state index is 0.0601. The van der Waals surface area contributed by atoms with Crippen LogP contribution in [0.3, 0.4) is 0 Å². The second-order valence-electron chi connectivity index (χ2n) is 3.84. The van der Waals surface area contributed by atoms with Gasteiger partial charge in [-0.2, -0.15) is 0 Å². The number of hydrogen-bond donors (Lipinski definition) is 3. The molecule has 1 amide bonds. The molecule has 0 radical (unpaired) electrons. The normalized spacial score (nSPS) is 34.6. The Hall–Kier alpha value is -0.610. The van der Waals surface area contributed by atoms with Crippen molar-refractivity contribution in [2.24, 2.45) is 0 Å². The molecular weight excluding hydrogens is 166 g/mol. The van der Waals surface area contributed by atoms with Gasteiger partial charge in [0.15, 0.2) is 0 Å². The Bertz CT molecular complexity index is 189. The lowest BCUT2D eigenvalue weighted by Gasteiger charge is -2.25. The van der Waals surface area contributed by atoms with E-state index in [9.17, 15) is 4.79 Å². The highest BCUT2D eigenvalue weighted by atomic mass is 16.2. The summed E-state index contributed by atoms with van der Waals surface area (Å²) in [6.07, 6.45) is 3.35. The van der Waals surface area contributed by atoms with Gasteiger partial charge >= 0.3 is 0 Å². The molecule has 0 aromatic heterocycles. The summed E-state index contributed by atoms with van der Waals surface area (Å²) in [5.74, 6) is 0.172. The van der Waals surface area contributed by atoms with Crippen LogP contribution in [-0.4, -0.2) is 37.6 Å². The van der Waals surface area contributed by atoms with Crippen molar-refractivity contribution < 1.29 is 4.79 Å². The zero-order valence-electron chi connectivity index (χ0n) is 7.81. The van der Waals surface area contributed by atoms with Crippen molar-refractivity contribution in [1.29, 1.82) is 0 Å². The fourth-order valence-electron chi connectivity index (χ4n) is 2.03. The first-order valence-electron chi connectivity index (χ1n) is 5.11. The van der Waals surface area contributed by atoms with Crippen LogP contribution in [0.15, 0.2) is 0 Å². The minimum Gasteiger partial charge on any atom is -0.355 e. The average Bonchev–Trinajstić information content (AvgIpc) is 2.54. The maximum Gasteiger partial charge on any atom is 0.237 e. The predicted octanol–water partition coefficient (Wildman–Crippen LogP) is -0.783. The summed E-state index contributed by atoms with van der Waals surface area (Å²) in [6.45, 7) is 2.95. The first kappa shape index (κ1) is 8.97. The summed E-state index contributed by atoms with van der Waals surface area (Å²) >= 11 is 0. The largest absolute Gasteiger partial charge is 0.355 e. The molecule has 2 rings (SSSR count). The number of nitrogens with one attached hydrogen (secondary N) is 3. The van der Waals surface area contributed by atoms with Crippen LogP contribution in [0.1, 0.15) is 19.3 Å². The van der Waals surface area contributed by atoms with Crippen molar-refractivity contribution in [1.82, 2.24) is 16.0 Å². The van der Waals surface area contributed by atoms with Crippen LogP contribution < -0.4 is 16.0 Å². The summed E-state index contributed by atoms with van der Waals surface area (Å²) in [4.78, 5) is 11.3. The topological polar surface area (TPSA) is 53.2 Å². The molecule has 74 valence electrons. The zero-order valence-corrected chi connectivity index (χ0v) is 7.81. The van der Waals surface area contributed by atoms with Crippen LogP contribution in [0.2, 0.25) is 0 Å². The van der Waals surface area contributed by atoms with Crippen molar-refractivity contribution in [3.05, 3.63) is 0 Å². The highest BCUT2D eigenvalue weighted by Crippen LogP contribution is 2.06. The van der Waals surface area contributed by atoms with Gasteiger partial charge in [0.1, 0.15) is 0 Å². The Morgan fingerprint density at radius 2 is 2.23 bits per heavy atom. The first-order chi connectivity index (χ1) is 6.36. The van der Waals surface area contributed by atoms with Crippen molar-refractivity contribution in [2.75, 3.05) is 19.6 Å². The fourth-order valence-corrected chi connectivity index (χ4v) is 2.03. The third-order valence-corrected chi connectivity index (χ3v) is 2.78. The summed E-state index contributed by atoms with van der Waals surface area (Å²) in [7, 11) is 0. The van der Waals surface area contributed by atoms with Gasteiger partial charge in [0.2, 0.25) is 5.91 Å². The van der Waals surface area contributed by atoms with Gasteiger partial charge in [0.05, 0.1) is 6.04 Å². The molecule has 3 N–H and O–H groups in total. The Kier molecular flexibility index (Phi) is 2.80. The quantitative estimate of drug-likeness (QED) is 0.526. The maximum atomic E-state index is 11.3. The van der Waals surface area contributed by atoms with Crippen molar-refractivity contribution in [3.63, 3.8) is 0 Å². The number of amides is 1. The van der Waals surface area contributed by atoms with Crippen LogP contribution >= 0.6 is 0 Å². The third kappa shape index (κ3) is 2.19. The molecule has 0 spiro atoms. The second kappa shape index (κ2) is 4.07. The van der Waals surface area contributed by atoms with Crippen LogP contribution in [-0.2, 0) is 4.79 Å². The van der Waals surface area contributed by atoms with Crippen LogP contribution in [0.5, 0.6) is 0 Å². The molecule has 4 heteroatoms. The van der Waals surface area contributed by atoms with E-state index in [1.54, 1.807) is 0 Å². The van der Waals surface area contributed by atoms with Crippen molar-refractivity contribution in [3.8, 4) is 0 Å². The summed E-state index contributed by atoms with van der Waals surface area (Å²) in [6, 6.07) is 0.549. The van der Waals surface area contributed by atoms with Crippen LogP contribution in [0.25, 0.3) is 0 Å². The molecule has 0 aliphatic carbocycles. The number of carbonyl (C=O) groups is 1. The number of hydrogen-bond acceptors (Lipinski definition) is 3. The molecule has 2 saturated heterocycles. The fraction of sp³-hybridized carbons (Fsp3) is 0.889. The summed E-state index contributed by atoms with van der Waals surface area (Å²) in [5.41, 5.74) is 0. The lowest BCUT2D eigenvalue weighted by molar-refractivity contribution is -0.121. The number of carbonyl (C=O) groups excluding carboxylic acids is 1. The lowest BCUT2D eigenvalue weighted by Crippen LogP contribution is -2.49. The SMILES string of the molecule is O=C1NCCC1NC1CCCNC1. The van der Waals surface area contributed by atoms with E-state index in [1.165, 1.54) is 12.8 Å². The lowest BCUT2D eigenvalue weighted by atomic mass is 10.1. The summed E-state index contributed by atoms with van der Waals surface area (Å²) < 4.78 is 0. The smallest absolute Gasteiger partial charge is 0.237 e. The van der Waals surface area contributed by atoms with E-state index in [2.05, 4.69) is 16.0 Å². The highest BCUT2D eigenvalue weighted by Gasteiger charge is 2.26. The molecule has 2 atom stereocenters. The van der Waals surface area contributed by atoms with Gasteiger partial charge in [0.25, 0.3) is 0 Å². The maximum absolute atomic E-state index is 11.3. The van der Waals surface area contributed by atoms with Gasteiger partial charge in [-0.3, -0.25) is 4.79 Å². The molecule has 2 fully saturated rings. The Morgan fingerprint density at radius 3 is 2.85 bits per heavy atom. The molecule has 0 saturated carbocycles. The minimum atomic E-state index is 0.0601. The standard InChI is InChI=1S/C9H17N3O/c13-9-8(3-5-11-9)12-7-2-1-4-10-6-7/h7-8,10,12H,1-6H2,(H,11,13). The highest BCUT2D eigenvalue weighted by molar-refractivity contribution is 5.83. The van der Waals surface area contributed by atoms with Gasteiger partial charge in [0, 0.05) is 19.1 Å². The molecule has 0 aromatic carbocycles. The van der Waals surface area contributed by atoms with Gasteiger partial charge in [-0.25, -0.2) is 0 Å². The second-order valence-corrected chi connectivity index (χ2v) is 3.84. The van der Waals surface area contributed by atoms with E-state index in [0.717, 1.165) is 26.1 Å². The Morgan fingerprint density at radius 1 is 1.31 bits per heavy atom. The molecule has 2 aliphatic rings. The summed E-state index contributed by atoms with van der Waals surface area (Å²) in [5, 5.41) is 9.56. The molecular formula is C9H17N3O. The molecule has 0 aromatic rings. The van der Waals surface area contributed by atoms with Gasteiger partial charge in [-0.1, -0.05) is 0 Å².